The van der Waals surface area contributed by atoms with Crippen LogP contribution in [0.3, 0.4) is 0 Å². The number of ether oxygens (including phenoxy) is 1. The maximum Gasteiger partial charge on any atom is 0.315 e. The van der Waals surface area contributed by atoms with Crippen molar-refractivity contribution in [1.29, 1.82) is 0 Å². The third-order valence-electron chi connectivity index (χ3n) is 2.85. The minimum Gasteiger partial charge on any atom is -0.494 e. The zero-order valence-corrected chi connectivity index (χ0v) is 12.9. The summed E-state index contributed by atoms with van der Waals surface area (Å²) < 4.78 is 33.1. The van der Waals surface area contributed by atoms with Crippen molar-refractivity contribution in [2.75, 3.05) is 12.8 Å². The van der Waals surface area contributed by atoms with Crippen molar-refractivity contribution >= 4 is 34.0 Å². The van der Waals surface area contributed by atoms with E-state index in [9.17, 15) is 18.9 Å². The Morgan fingerprint density at radius 1 is 1.24 bits per heavy atom. The van der Waals surface area contributed by atoms with E-state index < -0.39 is 28.0 Å². The number of methoxy groups -OCH3 is 1. The molecule has 0 atom stereocenters. The lowest BCUT2D eigenvalue weighted by Crippen LogP contribution is -2.03. The Labute approximate surface area is 132 Å². The van der Waals surface area contributed by atoms with E-state index in [-0.39, 0.29) is 16.8 Å². The van der Waals surface area contributed by atoms with E-state index in [0.717, 1.165) is 16.7 Å². The van der Waals surface area contributed by atoms with Crippen LogP contribution >= 0.6 is 22.6 Å². The Balaban J connectivity index is 2.83. The van der Waals surface area contributed by atoms with Gasteiger partial charge in [0.2, 0.25) is 11.6 Å². The predicted molar refractivity (Wildman–Crippen MR) is 82.1 cm³/mol. The number of hydrogen-bond acceptors (Lipinski definition) is 4. The number of halogens is 3. The Morgan fingerprint density at radius 3 is 2.43 bits per heavy atom. The molecule has 2 N–H and O–H groups in total. The summed E-state index contributed by atoms with van der Waals surface area (Å²) in [5.74, 6) is -3.41. The second kappa shape index (κ2) is 5.80. The SMILES string of the molecule is COc1cc(-c2ccc(I)cc2N)c([N+](=O)[O-])c(F)c1F. The van der Waals surface area contributed by atoms with Crippen molar-refractivity contribution in [1.82, 2.24) is 0 Å². The van der Waals surface area contributed by atoms with E-state index in [1.807, 2.05) is 22.6 Å². The molecule has 0 heterocycles. The number of nitrogens with zero attached hydrogens (tertiary/aromatic N) is 1. The summed E-state index contributed by atoms with van der Waals surface area (Å²) in [7, 11) is 1.14. The summed E-state index contributed by atoms with van der Waals surface area (Å²) >= 11 is 2.02. The van der Waals surface area contributed by atoms with Gasteiger partial charge in [0.05, 0.1) is 17.6 Å². The molecule has 8 heteroatoms. The van der Waals surface area contributed by atoms with E-state index in [2.05, 4.69) is 0 Å². The van der Waals surface area contributed by atoms with E-state index in [1.165, 1.54) is 6.07 Å². The first-order chi connectivity index (χ1) is 9.86. The number of nitro benzene ring substituents is 1. The molecule has 0 aliphatic heterocycles. The summed E-state index contributed by atoms with van der Waals surface area (Å²) in [6, 6.07) is 5.81. The van der Waals surface area contributed by atoms with Crippen LogP contribution in [-0.2, 0) is 0 Å². The summed E-state index contributed by atoms with van der Waals surface area (Å²) in [4.78, 5) is 10.1. The highest BCUT2D eigenvalue weighted by molar-refractivity contribution is 14.1. The average molecular weight is 406 g/mol. The van der Waals surface area contributed by atoms with Gasteiger partial charge >= 0.3 is 5.69 Å². The van der Waals surface area contributed by atoms with Gasteiger partial charge in [0, 0.05) is 14.8 Å². The average Bonchev–Trinajstić information content (AvgIpc) is 2.41. The molecule has 0 fully saturated rings. The highest BCUT2D eigenvalue weighted by Gasteiger charge is 2.29. The van der Waals surface area contributed by atoms with Gasteiger partial charge in [-0.1, -0.05) is 6.07 Å². The zero-order chi connectivity index (χ0) is 15.7. The van der Waals surface area contributed by atoms with Crippen molar-refractivity contribution in [2.24, 2.45) is 0 Å². The molecule has 0 spiro atoms. The fourth-order valence-electron chi connectivity index (χ4n) is 1.90. The van der Waals surface area contributed by atoms with E-state index >= 15 is 0 Å². The van der Waals surface area contributed by atoms with Crippen LogP contribution < -0.4 is 10.5 Å². The van der Waals surface area contributed by atoms with Crippen LogP contribution in [0.15, 0.2) is 24.3 Å². The monoisotopic (exact) mass is 406 g/mol. The smallest absolute Gasteiger partial charge is 0.315 e. The third kappa shape index (κ3) is 2.75. The highest BCUT2D eigenvalue weighted by atomic mass is 127. The molecule has 5 nitrogen and oxygen atoms in total. The first kappa shape index (κ1) is 15.4. The second-order valence-corrected chi connectivity index (χ2v) is 5.34. The first-order valence-corrected chi connectivity index (χ1v) is 6.70. The molecule has 0 aliphatic rings. The van der Waals surface area contributed by atoms with E-state index in [1.54, 1.807) is 12.1 Å². The van der Waals surface area contributed by atoms with Crippen LogP contribution in [0, 0.1) is 25.3 Å². The molecule has 2 rings (SSSR count). The lowest BCUT2D eigenvalue weighted by molar-refractivity contribution is -0.387. The van der Waals surface area contributed by atoms with Crippen LogP contribution in [0.1, 0.15) is 0 Å². The Bertz CT molecular complexity index is 738. The molecule has 0 aromatic heterocycles. The van der Waals surface area contributed by atoms with Gasteiger partial charge in [-0.15, -0.1) is 0 Å². The third-order valence-corrected chi connectivity index (χ3v) is 3.52. The van der Waals surface area contributed by atoms with Gasteiger partial charge < -0.3 is 10.5 Å². The van der Waals surface area contributed by atoms with Gasteiger partial charge in [-0.25, -0.2) is 0 Å². The maximum atomic E-state index is 13.9. The van der Waals surface area contributed by atoms with Crippen molar-refractivity contribution in [3.8, 4) is 16.9 Å². The fraction of sp³-hybridized carbons (Fsp3) is 0.0769. The molecule has 2 aromatic rings. The molecule has 0 saturated heterocycles. The largest absolute Gasteiger partial charge is 0.494 e. The minimum atomic E-state index is -1.58. The Morgan fingerprint density at radius 2 is 1.90 bits per heavy atom. The molecular formula is C13H9F2IN2O3. The number of nitrogen functional groups attached to an aromatic ring is 1. The lowest BCUT2D eigenvalue weighted by Gasteiger charge is -2.11. The molecular weight excluding hydrogens is 397 g/mol. The number of rotatable bonds is 3. The lowest BCUT2D eigenvalue weighted by atomic mass is 10.0. The summed E-state index contributed by atoms with van der Waals surface area (Å²) in [5, 5.41) is 11.1. The summed E-state index contributed by atoms with van der Waals surface area (Å²) in [6.07, 6.45) is 0. The van der Waals surface area contributed by atoms with Crippen LogP contribution in [0.5, 0.6) is 5.75 Å². The number of nitro groups is 1. The van der Waals surface area contributed by atoms with Gasteiger partial charge in [-0.3, -0.25) is 10.1 Å². The zero-order valence-electron chi connectivity index (χ0n) is 10.7. The first-order valence-electron chi connectivity index (χ1n) is 5.62. The van der Waals surface area contributed by atoms with Crippen molar-refractivity contribution in [3.63, 3.8) is 0 Å². The molecule has 110 valence electrons. The van der Waals surface area contributed by atoms with Gasteiger partial charge in [-0.2, -0.15) is 8.78 Å². The molecule has 0 unspecified atom stereocenters. The highest BCUT2D eigenvalue weighted by Crippen LogP contribution is 2.40. The molecule has 0 amide bonds. The van der Waals surface area contributed by atoms with Crippen LogP contribution in [0.2, 0.25) is 0 Å². The standard InChI is InChI=1S/C13H9F2IN2O3/c1-21-10-5-8(7-3-2-6(16)4-9(7)17)13(18(19)20)12(15)11(10)14/h2-5H,17H2,1H3. The number of benzene rings is 2. The molecule has 0 saturated carbocycles. The molecule has 0 bridgehead atoms. The molecule has 21 heavy (non-hydrogen) atoms. The number of anilines is 1. The molecule has 0 radical (unpaired) electrons. The van der Waals surface area contributed by atoms with Crippen molar-refractivity contribution in [3.05, 3.63) is 49.6 Å². The molecule has 0 aliphatic carbocycles. The fourth-order valence-corrected chi connectivity index (χ4v) is 2.42. The van der Waals surface area contributed by atoms with Gasteiger partial charge in [0.25, 0.3) is 0 Å². The number of nitrogens with two attached hydrogens (primary N) is 1. The van der Waals surface area contributed by atoms with Gasteiger partial charge in [-0.05, 0) is 40.8 Å². The predicted octanol–water partition coefficient (Wildman–Crippen LogP) is 3.74. The Kier molecular flexibility index (Phi) is 4.26. The van der Waals surface area contributed by atoms with Crippen LogP contribution in [0.25, 0.3) is 11.1 Å². The quantitative estimate of drug-likeness (QED) is 0.365. The van der Waals surface area contributed by atoms with E-state index in [0.29, 0.717) is 0 Å². The van der Waals surface area contributed by atoms with Gasteiger partial charge in [0.1, 0.15) is 0 Å². The number of hydrogen-bond donors (Lipinski definition) is 1. The van der Waals surface area contributed by atoms with Crippen LogP contribution in [0.4, 0.5) is 20.2 Å². The normalized spacial score (nSPS) is 10.5. The van der Waals surface area contributed by atoms with Crippen molar-refractivity contribution < 1.29 is 18.4 Å². The topological polar surface area (TPSA) is 78.4 Å². The maximum absolute atomic E-state index is 13.9. The van der Waals surface area contributed by atoms with Crippen LogP contribution in [-0.4, -0.2) is 12.0 Å². The minimum absolute atomic E-state index is 0.135. The summed E-state index contributed by atoms with van der Waals surface area (Å²) in [6.45, 7) is 0. The van der Waals surface area contributed by atoms with E-state index in [4.69, 9.17) is 10.5 Å². The second-order valence-electron chi connectivity index (χ2n) is 4.09. The van der Waals surface area contributed by atoms with Gasteiger partial charge in [0.15, 0.2) is 5.75 Å². The van der Waals surface area contributed by atoms with Crippen molar-refractivity contribution in [2.45, 2.75) is 0 Å². The Hall–Kier alpha value is -1.97. The molecule has 2 aromatic carbocycles. The summed E-state index contributed by atoms with van der Waals surface area (Å²) in [5.41, 5.74) is 5.17.